The van der Waals surface area contributed by atoms with Crippen molar-refractivity contribution in [3.05, 3.63) is 25.8 Å². The number of nitrogens with one attached hydrogen (secondary N) is 1. The average Bonchev–Trinajstić information content (AvgIpc) is 3.30. The molecule has 168 valence electrons. The van der Waals surface area contributed by atoms with Crippen molar-refractivity contribution in [2.75, 3.05) is 5.73 Å². The Labute approximate surface area is 201 Å². The summed E-state index contributed by atoms with van der Waals surface area (Å²) in [6.45, 7) is 0. The standard InChI is InChI=1S/C15H11Cl2N7O5S3/c16-9-14(32-23-21-9)30-4-2-1-3-5(12(26)24(3)8(4)13(27)28)19-11(25)7(22-29)6-10(17)31-15(18)20-6/h3,5,29H,1-2H2,(H2,18,20)(H,19,25)(H,27,28)/b22-7-/t3-,5?/m1/s1. The minimum atomic E-state index is -1.29. The molecule has 2 aromatic rings. The van der Waals surface area contributed by atoms with Gasteiger partial charge < -0.3 is 21.4 Å². The van der Waals surface area contributed by atoms with E-state index in [1.165, 1.54) is 0 Å². The number of carboxylic acids is 1. The molecule has 2 aliphatic rings. The third kappa shape index (κ3) is 3.90. The fourth-order valence-corrected chi connectivity index (χ4v) is 6.29. The van der Waals surface area contributed by atoms with Crippen LogP contribution in [-0.4, -0.2) is 65.4 Å². The summed E-state index contributed by atoms with van der Waals surface area (Å²) in [6.07, 6.45) is 0.715. The summed E-state index contributed by atoms with van der Waals surface area (Å²) in [6, 6.07) is -1.60. The van der Waals surface area contributed by atoms with Gasteiger partial charge in [0.25, 0.3) is 11.8 Å². The summed E-state index contributed by atoms with van der Waals surface area (Å²) in [7, 11) is 0. The highest BCUT2D eigenvalue weighted by atomic mass is 35.5. The van der Waals surface area contributed by atoms with E-state index in [1.807, 2.05) is 0 Å². The molecule has 1 unspecified atom stereocenters. The molecule has 2 aromatic heterocycles. The molecule has 17 heteroatoms. The zero-order valence-electron chi connectivity index (χ0n) is 15.5. The second-order valence-electron chi connectivity index (χ2n) is 6.42. The Bertz CT molecular complexity index is 1200. The number of allylic oxidation sites excluding steroid dienone is 1. The highest BCUT2D eigenvalue weighted by Crippen LogP contribution is 2.45. The Morgan fingerprint density at radius 3 is 2.69 bits per heavy atom. The number of carbonyl (C=O) groups is 3. The fourth-order valence-electron chi connectivity index (χ4n) is 3.35. The fraction of sp³-hybridized carbons (Fsp3) is 0.267. The molecule has 2 atom stereocenters. The molecule has 1 saturated heterocycles. The molecular weight excluding hydrogens is 525 g/mol. The number of thioether (sulfide) groups is 1. The van der Waals surface area contributed by atoms with Crippen LogP contribution in [0.15, 0.2) is 20.0 Å². The zero-order valence-corrected chi connectivity index (χ0v) is 19.4. The Hall–Kier alpha value is -2.46. The number of β-lactam (4-membered cyclic amide) rings is 1. The Morgan fingerprint density at radius 1 is 1.38 bits per heavy atom. The second-order valence-corrected chi connectivity index (χ2v) is 10.5. The molecule has 4 rings (SSSR count). The summed E-state index contributed by atoms with van der Waals surface area (Å²) in [5.74, 6) is -2.80. The number of hydrogen-bond acceptors (Lipinski definition) is 12. The lowest BCUT2D eigenvalue weighted by molar-refractivity contribution is -0.155. The van der Waals surface area contributed by atoms with E-state index in [0.717, 1.165) is 39.5 Å². The summed E-state index contributed by atoms with van der Waals surface area (Å²) in [5, 5.41) is 28.3. The Kier molecular flexibility index (Phi) is 6.26. The van der Waals surface area contributed by atoms with Gasteiger partial charge in [0.2, 0.25) is 0 Å². The molecule has 0 radical (unpaired) electrons. The predicted molar refractivity (Wildman–Crippen MR) is 117 cm³/mol. The number of aromatic nitrogens is 3. The average molecular weight is 536 g/mol. The minimum Gasteiger partial charge on any atom is -0.477 e. The molecule has 0 aliphatic carbocycles. The number of thiazole rings is 1. The number of hydrogen-bond donors (Lipinski definition) is 4. The monoisotopic (exact) mass is 535 g/mol. The number of fused-ring (bicyclic) bond motifs is 1. The van der Waals surface area contributed by atoms with E-state index >= 15 is 0 Å². The number of anilines is 1. The van der Waals surface area contributed by atoms with Crippen LogP contribution in [0.4, 0.5) is 5.13 Å². The van der Waals surface area contributed by atoms with Crippen LogP contribution in [0.1, 0.15) is 18.5 Å². The van der Waals surface area contributed by atoms with E-state index in [-0.39, 0.29) is 26.0 Å². The quantitative estimate of drug-likeness (QED) is 0.183. The maximum Gasteiger partial charge on any atom is 0.353 e. The van der Waals surface area contributed by atoms with E-state index in [4.69, 9.17) is 28.9 Å². The van der Waals surface area contributed by atoms with Crippen molar-refractivity contribution >= 4 is 86.5 Å². The molecule has 1 fully saturated rings. The van der Waals surface area contributed by atoms with Crippen LogP contribution in [0.5, 0.6) is 0 Å². The van der Waals surface area contributed by atoms with E-state index in [1.54, 1.807) is 0 Å². The summed E-state index contributed by atoms with van der Waals surface area (Å²) in [5.41, 5.74) is 4.73. The maximum absolute atomic E-state index is 12.8. The van der Waals surface area contributed by atoms with Gasteiger partial charge >= 0.3 is 5.97 Å². The molecule has 0 bridgehead atoms. The minimum absolute atomic E-state index is 0.0404. The van der Waals surface area contributed by atoms with Crippen molar-refractivity contribution in [1.82, 2.24) is 24.8 Å². The highest BCUT2D eigenvalue weighted by Gasteiger charge is 2.54. The number of carbonyl (C=O) groups excluding carboxylic acids is 2. The van der Waals surface area contributed by atoms with Crippen molar-refractivity contribution in [2.45, 2.75) is 29.1 Å². The SMILES string of the molecule is Nc1nc(/C(=N/O)C(=O)NC2C(=O)N3C(C(=O)O)=C(Sc4snnc4Cl)CC[C@H]23)c(Cl)s1. The lowest BCUT2D eigenvalue weighted by Crippen LogP contribution is -2.72. The van der Waals surface area contributed by atoms with Crippen LogP contribution in [0.3, 0.4) is 0 Å². The normalized spacial score (nSPS) is 20.8. The molecule has 12 nitrogen and oxygen atoms in total. The Morgan fingerprint density at radius 2 is 2.12 bits per heavy atom. The smallest absolute Gasteiger partial charge is 0.353 e. The number of oxime groups is 1. The summed E-state index contributed by atoms with van der Waals surface area (Å²) >= 11 is 14.9. The third-order valence-electron chi connectivity index (χ3n) is 4.66. The first-order valence-corrected chi connectivity index (χ1v) is 11.8. The van der Waals surface area contributed by atoms with Crippen molar-refractivity contribution in [3.63, 3.8) is 0 Å². The number of aliphatic carboxylic acids is 1. The first kappa shape index (κ1) is 22.7. The third-order valence-corrected chi connectivity index (χ3v) is 8.25. The lowest BCUT2D eigenvalue weighted by atomic mass is 9.86. The second kappa shape index (κ2) is 8.82. The van der Waals surface area contributed by atoms with Gasteiger partial charge in [-0.2, -0.15) is 0 Å². The Balaban J connectivity index is 1.54. The predicted octanol–water partition coefficient (Wildman–Crippen LogP) is 1.64. The largest absolute Gasteiger partial charge is 0.477 e. The van der Waals surface area contributed by atoms with Gasteiger partial charge in [0.05, 0.1) is 6.04 Å². The molecule has 0 saturated carbocycles. The number of halogens is 2. The number of nitrogens with zero attached hydrogens (tertiary/aromatic N) is 5. The van der Waals surface area contributed by atoms with Gasteiger partial charge in [-0.1, -0.05) is 55.9 Å². The lowest BCUT2D eigenvalue weighted by Gasteiger charge is -2.50. The first-order chi connectivity index (χ1) is 15.2. The molecule has 2 amide bonds. The maximum atomic E-state index is 12.8. The van der Waals surface area contributed by atoms with Crippen LogP contribution in [0, 0.1) is 0 Å². The zero-order chi connectivity index (χ0) is 23.2. The molecule has 2 aliphatic heterocycles. The molecule has 5 N–H and O–H groups in total. The van der Waals surface area contributed by atoms with E-state index in [9.17, 15) is 24.7 Å². The van der Waals surface area contributed by atoms with Gasteiger partial charge in [-0.15, -0.1) is 5.10 Å². The first-order valence-electron chi connectivity index (χ1n) is 8.63. The summed E-state index contributed by atoms with van der Waals surface area (Å²) in [4.78, 5) is 42.7. The highest BCUT2D eigenvalue weighted by molar-refractivity contribution is 8.04. The molecular formula is C15H11Cl2N7O5S3. The number of nitrogen functional groups attached to an aromatic ring is 1. The van der Waals surface area contributed by atoms with Crippen molar-refractivity contribution in [3.8, 4) is 0 Å². The number of rotatable bonds is 6. The molecule has 0 spiro atoms. The van der Waals surface area contributed by atoms with Crippen molar-refractivity contribution in [2.24, 2.45) is 5.16 Å². The van der Waals surface area contributed by atoms with Gasteiger partial charge in [0.15, 0.2) is 16.0 Å². The van der Waals surface area contributed by atoms with Gasteiger partial charge in [0.1, 0.15) is 26.0 Å². The van der Waals surface area contributed by atoms with Gasteiger partial charge in [0, 0.05) is 4.91 Å². The van der Waals surface area contributed by atoms with Crippen molar-refractivity contribution in [1.29, 1.82) is 0 Å². The van der Waals surface area contributed by atoms with E-state index in [2.05, 4.69) is 25.0 Å². The van der Waals surface area contributed by atoms with Crippen LogP contribution in [0.2, 0.25) is 9.49 Å². The van der Waals surface area contributed by atoms with E-state index in [0.29, 0.717) is 22.0 Å². The molecule has 4 heterocycles. The summed E-state index contributed by atoms with van der Waals surface area (Å²) < 4.78 is 4.26. The van der Waals surface area contributed by atoms with Gasteiger partial charge in [-0.05, 0) is 24.4 Å². The van der Waals surface area contributed by atoms with Gasteiger partial charge in [-0.25, -0.2) is 9.78 Å². The van der Waals surface area contributed by atoms with E-state index < -0.39 is 35.6 Å². The van der Waals surface area contributed by atoms with Crippen molar-refractivity contribution < 1.29 is 24.7 Å². The van der Waals surface area contributed by atoms with Crippen LogP contribution in [-0.2, 0) is 14.4 Å². The van der Waals surface area contributed by atoms with Crippen LogP contribution in [0.25, 0.3) is 0 Å². The number of amides is 2. The van der Waals surface area contributed by atoms with Crippen LogP contribution >= 0.6 is 57.8 Å². The molecule has 0 aromatic carbocycles. The topological polar surface area (TPSA) is 184 Å². The number of nitrogens with two attached hydrogens (primary N) is 1. The molecule has 32 heavy (non-hydrogen) atoms. The van der Waals surface area contributed by atoms with Crippen LogP contribution < -0.4 is 11.1 Å². The van der Waals surface area contributed by atoms with Gasteiger partial charge in [-0.3, -0.25) is 14.5 Å². The number of carboxylic acid groups (broad SMARTS) is 1.